The van der Waals surface area contributed by atoms with E-state index in [0.717, 1.165) is 22.4 Å². The highest BCUT2D eigenvalue weighted by atomic mass is 35.5. The molecule has 0 aliphatic carbocycles. The van der Waals surface area contributed by atoms with Gasteiger partial charge in [0.1, 0.15) is 5.54 Å². The van der Waals surface area contributed by atoms with E-state index >= 15 is 0 Å². The van der Waals surface area contributed by atoms with Crippen LogP contribution < -0.4 is 0 Å². The Balaban J connectivity index is 1.99. The standard InChI is InChI=1S/C21H16ClNO/c1-21-13-5-6-14-23(21)19(16-7-3-2-4-8-16)18(20(21)24)15-9-11-17(22)12-10-15/h2-14H,1H3. The Hall–Kier alpha value is -2.58. The molecule has 0 saturated carbocycles. The van der Waals surface area contributed by atoms with Gasteiger partial charge in [-0.25, -0.2) is 0 Å². The van der Waals surface area contributed by atoms with Crippen molar-refractivity contribution >= 4 is 28.7 Å². The molecule has 0 radical (unpaired) electrons. The van der Waals surface area contributed by atoms with Crippen LogP contribution >= 0.6 is 11.6 Å². The molecule has 0 aromatic heterocycles. The van der Waals surface area contributed by atoms with E-state index in [4.69, 9.17) is 11.6 Å². The number of halogens is 1. The van der Waals surface area contributed by atoms with Crippen LogP contribution in [-0.4, -0.2) is 16.2 Å². The summed E-state index contributed by atoms with van der Waals surface area (Å²) in [5, 5.41) is 0.662. The maximum absolute atomic E-state index is 13.3. The average molecular weight is 334 g/mol. The number of benzene rings is 2. The van der Waals surface area contributed by atoms with E-state index in [0.29, 0.717) is 5.02 Å². The maximum Gasteiger partial charge on any atom is 0.195 e. The van der Waals surface area contributed by atoms with Crippen LogP contribution in [0.5, 0.6) is 0 Å². The van der Waals surface area contributed by atoms with Crippen molar-refractivity contribution in [2.24, 2.45) is 0 Å². The number of carbonyl (C=O) groups is 1. The lowest BCUT2D eigenvalue weighted by atomic mass is 9.89. The molecule has 2 aliphatic rings. The Morgan fingerprint density at radius 2 is 1.62 bits per heavy atom. The van der Waals surface area contributed by atoms with Gasteiger partial charge in [0.2, 0.25) is 0 Å². The van der Waals surface area contributed by atoms with Crippen LogP contribution in [0.25, 0.3) is 11.3 Å². The van der Waals surface area contributed by atoms with E-state index < -0.39 is 5.54 Å². The zero-order valence-corrected chi connectivity index (χ0v) is 14.0. The fourth-order valence-corrected chi connectivity index (χ4v) is 3.48. The minimum absolute atomic E-state index is 0.101. The summed E-state index contributed by atoms with van der Waals surface area (Å²) < 4.78 is 0. The van der Waals surface area contributed by atoms with Crippen LogP contribution in [0.2, 0.25) is 5.02 Å². The number of hydrogen-bond donors (Lipinski definition) is 0. The van der Waals surface area contributed by atoms with Crippen LogP contribution in [0.15, 0.2) is 79.0 Å². The van der Waals surface area contributed by atoms with Crippen molar-refractivity contribution in [3.8, 4) is 0 Å². The molecule has 0 fully saturated rings. The number of Topliss-reactive ketones (excluding diaryl/α,β-unsaturated/α-hetero) is 1. The van der Waals surface area contributed by atoms with E-state index in [1.165, 1.54) is 0 Å². The zero-order valence-electron chi connectivity index (χ0n) is 13.2. The zero-order chi connectivity index (χ0) is 16.7. The Morgan fingerprint density at radius 1 is 0.917 bits per heavy atom. The van der Waals surface area contributed by atoms with Crippen molar-refractivity contribution < 1.29 is 4.79 Å². The van der Waals surface area contributed by atoms with E-state index in [2.05, 4.69) is 4.90 Å². The average Bonchev–Trinajstić information content (AvgIpc) is 2.85. The first-order valence-electron chi connectivity index (χ1n) is 7.87. The number of hydrogen-bond acceptors (Lipinski definition) is 2. The lowest BCUT2D eigenvalue weighted by Gasteiger charge is -2.34. The third-order valence-electron chi connectivity index (χ3n) is 4.61. The molecule has 1 atom stereocenters. The number of carbonyl (C=O) groups excluding carboxylic acids is 1. The van der Waals surface area contributed by atoms with Crippen molar-refractivity contribution in [2.75, 3.05) is 0 Å². The molecule has 2 nitrogen and oxygen atoms in total. The van der Waals surface area contributed by atoms with Crippen LogP contribution in [0.4, 0.5) is 0 Å². The molecule has 0 bridgehead atoms. The van der Waals surface area contributed by atoms with Gasteiger partial charge in [-0.2, -0.15) is 0 Å². The third kappa shape index (κ3) is 2.15. The molecule has 1 unspecified atom stereocenters. The molecule has 2 aromatic rings. The summed E-state index contributed by atoms with van der Waals surface area (Å²) >= 11 is 6.02. The van der Waals surface area contributed by atoms with Crippen molar-refractivity contribution in [2.45, 2.75) is 12.5 Å². The van der Waals surface area contributed by atoms with Crippen LogP contribution in [0.1, 0.15) is 18.1 Å². The van der Waals surface area contributed by atoms with Crippen LogP contribution in [0, 0.1) is 0 Å². The number of fused-ring (bicyclic) bond motifs is 1. The summed E-state index contributed by atoms with van der Waals surface area (Å²) in [5.74, 6) is 0.101. The molecular formula is C21H16ClNO. The van der Waals surface area contributed by atoms with Crippen molar-refractivity contribution in [1.29, 1.82) is 0 Å². The largest absolute Gasteiger partial charge is 0.330 e. The van der Waals surface area contributed by atoms with Gasteiger partial charge in [-0.3, -0.25) is 4.79 Å². The summed E-state index contributed by atoms with van der Waals surface area (Å²) in [6.45, 7) is 1.96. The summed E-state index contributed by atoms with van der Waals surface area (Å²) in [6, 6.07) is 17.5. The van der Waals surface area contributed by atoms with E-state index in [9.17, 15) is 4.79 Å². The van der Waals surface area contributed by atoms with Crippen molar-refractivity contribution in [1.82, 2.24) is 4.90 Å². The van der Waals surface area contributed by atoms with Gasteiger partial charge in [0, 0.05) is 11.2 Å². The van der Waals surface area contributed by atoms with Gasteiger partial charge in [-0.05, 0) is 36.3 Å². The topological polar surface area (TPSA) is 20.3 Å². The van der Waals surface area contributed by atoms with Gasteiger partial charge in [0.15, 0.2) is 5.78 Å². The van der Waals surface area contributed by atoms with Gasteiger partial charge in [-0.1, -0.05) is 66.2 Å². The molecule has 0 amide bonds. The quantitative estimate of drug-likeness (QED) is 0.776. The second-order valence-electron chi connectivity index (χ2n) is 6.14. The number of ketones is 1. The maximum atomic E-state index is 13.3. The first-order chi connectivity index (χ1) is 11.6. The Morgan fingerprint density at radius 3 is 2.33 bits per heavy atom. The van der Waals surface area contributed by atoms with E-state index in [-0.39, 0.29) is 5.78 Å². The predicted octanol–water partition coefficient (Wildman–Crippen LogP) is 4.94. The second kappa shape index (κ2) is 5.50. The van der Waals surface area contributed by atoms with Gasteiger partial charge in [-0.15, -0.1) is 0 Å². The number of allylic oxidation sites excluding steroid dienone is 2. The lowest BCUT2D eigenvalue weighted by molar-refractivity contribution is -0.118. The van der Waals surface area contributed by atoms with Gasteiger partial charge < -0.3 is 4.90 Å². The molecule has 0 saturated heterocycles. The molecule has 3 heteroatoms. The fourth-order valence-electron chi connectivity index (χ4n) is 3.35. The Labute approximate surface area is 146 Å². The first-order valence-corrected chi connectivity index (χ1v) is 8.25. The van der Waals surface area contributed by atoms with Crippen molar-refractivity contribution in [3.05, 3.63) is 95.2 Å². The number of nitrogens with zero attached hydrogens (tertiary/aromatic N) is 1. The summed E-state index contributed by atoms with van der Waals surface area (Å²) in [5.41, 5.74) is 2.90. The third-order valence-corrected chi connectivity index (χ3v) is 4.86. The normalized spacial score (nSPS) is 22.2. The highest BCUT2D eigenvalue weighted by Crippen LogP contribution is 2.46. The Bertz CT molecular complexity index is 893. The highest BCUT2D eigenvalue weighted by molar-refractivity contribution is 6.35. The fraction of sp³-hybridized carbons (Fsp3) is 0.0952. The first kappa shape index (κ1) is 15.0. The summed E-state index contributed by atoms with van der Waals surface area (Å²) in [7, 11) is 0. The predicted molar refractivity (Wildman–Crippen MR) is 98.2 cm³/mol. The smallest absolute Gasteiger partial charge is 0.195 e. The number of rotatable bonds is 2. The molecule has 2 heterocycles. The van der Waals surface area contributed by atoms with Gasteiger partial charge in [0.25, 0.3) is 0 Å². The molecule has 0 spiro atoms. The van der Waals surface area contributed by atoms with Crippen LogP contribution in [0.3, 0.4) is 0 Å². The highest BCUT2D eigenvalue weighted by Gasteiger charge is 2.48. The van der Waals surface area contributed by atoms with E-state index in [1.54, 1.807) is 0 Å². The molecule has 24 heavy (non-hydrogen) atoms. The van der Waals surface area contributed by atoms with E-state index in [1.807, 2.05) is 85.9 Å². The van der Waals surface area contributed by atoms with Crippen molar-refractivity contribution in [3.63, 3.8) is 0 Å². The SMILES string of the molecule is CC12C=CC=CN1C(c1ccccc1)=C(c1ccc(Cl)cc1)C2=O. The van der Waals surface area contributed by atoms with Gasteiger partial charge in [0.05, 0.1) is 11.3 Å². The van der Waals surface area contributed by atoms with Crippen LogP contribution in [-0.2, 0) is 4.79 Å². The Kier molecular flexibility index (Phi) is 3.43. The minimum atomic E-state index is -0.686. The lowest BCUT2D eigenvalue weighted by Crippen LogP contribution is -2.43. The molecule has 2 aliphatic heterocycles. The molecule has 118 valence electrons. The molecule has 0 N–H and O–H groups in total. The molecule has 2 aromatic carbocycles. The summed E-state index contributed by atoms with van der Waals surface area (Å²) in [6.07, 6.45) is 7.83. The second-order valence-corrected chi connectivity index (χ2v) is 6.58. The molecule has 4 rings (SSSR count). The van der Waals surface area contributed by atoms with Gasteiger partial charge >= 0.3 is 0 Å². The molecular weight excluding hydrogens is 318 g/mol. The minimum Gasteiger partial charge on any atom is -0.330 e. The summed E-state index contributed by atoms with van der Waals surface area (Å²) in [4.78, 5) is 15.4. The monoisotopic (exact) mass is 333 g/mol.